The fourth-order valence-corrected chi connectivity index (χ4v) is 2.78. The summed E-state index contributed by atoms with van der Waals surface area (Å²) in [6.45, 7) is 7.18. The average Bonchev–Trinajstić information content (AvgIpc) is 2.34. The highest BCUT2D eigenvalue weighted by Crippen LogP contribution is 2.31. The number of ether oxygens (including phenoxy) is 1. The molecule has 20 heavy (non-hydrogen) atoms. The third-order valence-corrected chi connectivity index (χ3v) is 3.86. The Kier molecular flexibility index (Phi) is 5.84. The van der Waals surface area contributed by atoms with E-state index in [4.69, 9.17) is 4.74 Å². The van der Waals surface area contributed by atoms with Crippen molar-refractivity contribution in [3.63, 3.8) is 0 Å². The van der Waals surface area contributed by atoms with Gasteiger partial charge in [-0.15, -0.1) is 0 Å². The van der Waals surface area contributed by atoms with E-state index in [2.05, 4.69) is 5.32 Å². The van der Waals surface area contributed by atoms with Crippen LogP contribution >= 0.6 is 0 Å². The predicted molar refractivity (Wildman–Crippen MR) is 76.5 cm³/mol. The SMILES string of the molecule is C[C@@H](C1CCCCC1)[C@H](NC(=O)OC(C)(C)C)C(=O)O. The first-order chi connectivity index (χ1) is 9.20. The molecule has 0 aromatic carbocycles. The van der Waals surface area contributed by atoms with Crippen molar-refractivity contribution in [2.75, 3.05) is 0 Å². The number of carbonyl (C=O) groups excluding carboxylic acids is 1. The topological polar surface area (TPSA) is 75.6 Å². The summed E-state index contributed by atoms with van der Waals surface area (Å²) in [5, 5.41) is 11.9. The van der Waals surface area contributed by atoms with Crippen molar-refractivity contribution in [3.8, 4) is 0 Å². The molecule has 2 atom stereocenters. The van der Waals surface area contributed by atoms with Crippen molar-refractivity contribution < 1.29 is 19.4 Å². The lowest BCUT2D eigenvalue weighted by Crippen LogP contribution is -2.49. The van der Waals surface area contributed by atoms with E-state index in [1.807, 2.05) is 6.92 Å². The molecule has 0 aromatic heterocycles. The van der Waals surface area contributed by atoms with Crippen molar-refractivity contribution in [3.05, 3.63) is 0 Å². The highest BCUT2D eigenvalue weighted by molar-refractivity contribution is 5.80. The highest BCUT2D eigenvalue weighted by atomic mass is 16.6. The molecule has 1 saturated carbocycles. The molecule has 0 saturated heterocycles. The Balaban J connectivity index is 2.63. The van der Waals surface area contributed by atoms with Gasteiger partial charge in [0.25, 0.3) is 0 Å². The van der Waals surface area contributed by atoms with Crippen molar-refractivity contribution in [1.82, 2.24) is 5.32 Å². The van der Waals surface area contributed by atoms with E-state index in [0.717, 1.165) is 25.7 Å². The van der Waals surface area contributed by atoms with Gasteiger partial charge in [0.15, 0.2) is 0 Å². The maximum atomic E-state index is 11.8. The summed E-state index contributed by atoms with van der Waals surface area (Å²) in [5.41, 5.74) is -0.624. The van der Waals surface area contributed by atoms with E-state index in [0.29, 0.717) is 5.92 Å². The fraction of sp³-hybridized carbons (Fsp3) is 0.867. The Morgan fingerprint density at radius 1 is 1.20 bits per heavy atom. The van der Waals surface area contributed by atoms with E-state index >= 15 is 0 Å². The molecule has 0 aromatic rings. The monoisotopic (exact) mass is 285 g/mol. The largest absolute Gasteiger partial charge is 0.480 e. The third kappa shape index (κ3) is 5.39. The minimum atomic E-state index is -0.992. The Bertz CT molecular complexity index is 342. The van der Waals surface area contributed by atoms with E-state index < -0.39 is 23.7 Å². The lowest BCUT2D eigenvalue weighted by atomic mass is 9.77. The minimum absolute atomic E-state index is 0.0830. The third-order valence-electron chi connectivity index (χ3n) is 3.86. The summed E-state index contributed by atoms with van der Waals surface area (Å²) in [4.78, 5) is 23.2. The minimum Gasteiger partial charge on any atom is -0.480 e. The first-order valence-electron chi connectivity index (χ1n) is 7.43. The van der Waals surface area contributed by atoms with Crippen LogP contribution in [0.2, 0.25) is 0 Å². The number of amides is 1. The summed E-state index contributed by atoms with van der Waals surface area (Å²) in [6.07, 6.45) is 4.94. The number of carbonyl (C=O) groups is 2. The van der Waals surface area contributed by atoms with E-state index in [9.17, 15) is 14.7 Å². The van der Waals surface area contributed by atoms with Crippen molar-refractivity contribution in [2.24, 2.45) is 11.8 Å². The molecular weight excluding hydrogens is 258 g/mol. The van der Waals surface area contributed by atoms with Gasteiger partial charge in [-0.25, -0.2) is 9.59 Å². The molecule has 0 heterocycles. The predicted octanol–water partition coefficient (Wildman–Crippen LogP) is 3.18. The van der Waals surface area contributed by atoms with Crippen molar-refractivity contribution >= 4 is 12.1 Å². The smallest absolute Gasteiger partial charge is 0.408 e. The number of carboxylic acids is 1. The summed E-state index contributed by atoms with van der Waals surface area (Å²) in [5.74, 6) is -0.714. The number of nitrogens with one attached hydrogen (secondary N) is 1. The quantitative estimate of drug-likeness (QED) is 0.831. The van der Waals surface area contributed by atoms with Gasteiger partial charge in [-0.05, 0) is 32.6 Å². The van der Waals surface area contributed by atoms with Gasteiger partial charge < -0.3 is 15.2 Å². The van der Waals surface area contributed by atoms with Crippen LogP contribution in [0, 0.1) is 11.8 Å². The molecule has 0 bridgehead atoms. The van der Waals surface area contributed by atoms with Gasteiger partial charge in [-0.3, -0.25) is 0 Å². The van der Waals surface area contributed by atoms with Gasteiger partial charge in [-0.1, -0.05) is 39.0 Å². The number of alkyl carbamates (subject to hydrolysis) is 1. The number of hydrogen-bond acceptors (Lipinski definition) is 3. The molecule has 0 aliphatic heterocycles. The molecule has 0 spiro atoms. The molecule has 5 nitrogen and oxygen atoms in total. The van der Waals surface area contributed by atoms with Crippen molar-refractivity contribution in [1.29, 1.82) is 0 Å². The number of aliphatic carboxylic acids is 1. The second-order valence-corrected chi connectivity index (χ2v) is 6.72. The Morgan fingerprint density at radius 3 is 2.20 bits per heavy atom. The zero-order valence-electron chi connectivity index (χ0n) is 12.9. The number of carboxylic acid groups (broad SMARTS) is 1. The summed E-state index contributed by atoms with van der Waals surface area (Å²) < 4.78 is 5.14. The lowest BCUT2D eigenvalue weighted by molar-refractivity contribution is -0.141. The van der Waals surface area contributed by atoms with Gasteiger partial charge in [0.1, 0.15) is 11.6 Å². The van der Waals surface area contributed by atoms with Gasteiger partial charge in [0, 0.05) is 0 Å². The van der Waals surface area contributed by atoms with Crippen LogP contribution in [0.5, 0.6) is 0 Å². The molecule has 1 fully saturated rings. The van der Waals surface area contributed by atoms with Gasteiger partial charge in [-0.2, -0.15) is 0 Å². The average molecular weight is 285 g/mol. The Labute approximate surface area is 121 Å². The number of rotatable bonds is 4. The molecule has 1 aliphatic rings. The summed E-state index contributed by atoms with van der Waals surface area (Å²) >= 11 is 0. The van der Waals surface area contributed by atoms with Crippen LogP contribution in [0.15, 0.2) is 0 Å². The Hall–Kier alpha value is -1.26. The second kappa shape index (κ2) is 6.95. The van der Waals surface area contributed by atoms with Crippen LogP contribution in [0.1, 0.15) is 59.8 Å². The van der Waals surface area contributed by atoms with Gasteiger partial charge >= 0.3 is 12.1 Å². The standard InChI is InChI=1S/C15H27NO4/c1-10(11-8-6-5-7-9-11)12(13(17)18)16-14(19)20-15(2,3)4/h10-12H,5-9H2,1-4H3,(H,16,19)(H,17,18)/t10-,12-/m0/s1. The van der Waals surface area contributed by atoms with Gasteiger partial charge in [0.2, 0.25) is 0 Å². The normalized spacial score (nSPS) is 20.0. The summed E-state index contributed by atoms with van der Waals surface area (Å²) in [7, 11) is 0. The van der Waals surface area contributed by atoms with E-state index in [-0.39, 0.29) is 5.92 Å². The molecular formula is C15H27NO4. The molecule has 5 heteroatoms. The zero-order valence-corrected chi connectivity index (χ0v) is 12.9. The maximum absolute atomic E-state index is 11.8. The molecule has 0 radical (unpaired) electrons. The fourth-order valence-electron chi connectivity index (χ4n) is 2.78. The maximum Gasteiger partial charge on any atom is 0.408 e. The first-order valence-corrected chi connectivity index (χ1v) is 7.43. The van der Waals surface area contributed by atoms with Crippen LogP contribution in [-0.2, 0) is 9.53 Å². The van der Waals surface area contributed by atoms with Crippen LogP contribution in [-0.4, -0.2) is 28.8 Å². The molecule has 1 aliphatic carbocycles. The van der Waals surface area contributed by atoms with E-state index in [1.54, 1.807) is 20.8 Å². The number of hydrogen-bond donors (Lipinski definition) is 2. The first kappa shape index (κ1) is 16.8. The lowest BCUT2D eigenvalue weighted by Gasteiger charge is -2.32. The molecule has 0 unspecified atom stereocenters. The highest BCUT2D eigenvalue weighted by Gasteiger charge is 2.33. The molecule has 1 rings (SSSR count). The van der Waals surface area contributed by atoms with Crippen LogP contribution in [0.25, 0.3) is 0 Å². The second-order valence-electron chi connectivity index (χ2n) is 6.72. The van der Waals surface area contributed by atoms with Crippen molar-refractivity contribution in [2.45, 2.75) is 71.4 Å². The summed E-state index contributed by atoms with van der Waals surface area (Å²) in [6, 6.07) is -0.882. The zero-order chi connectivity index (χ0) is 15.3. The molecule has 1 amide bonds. The van der Waals surface area contributed by atoms with Crippen LogP contribution in [0.4, 0.5) is 4.79 Å². The molecule has 116 valence electrons. The van der Waals surface area contributed by atoms with Crippen LogP contribution in [0.3, 0.4) is 0 Å². The van der Waals surface area contributed by atoms with Crippen LogP contribution < -0.4 is 5.32 Å². The van der Waals surface area contributed by atoms with E-state index in [1.165, 1.54) is 6.42 Å². The molecule has 2 N–H and O–H groups in total. The van der Waals surface area contributed by atoms with Gasteiger partial charge in [0.05, 0.1) is 0 Å². The Morgan fingerprint density at radius 2 is 1.75 bits per heavy atom.